The van der Waals surface area contributed by atoms with Crippen molar-refractivity contribution < 1.29 is 14.7 Å². The van der Waals surface area contributed by atoms with Crippen LogP contribution in [0.5, 0.6) is 0 Å². The van der Waals surface area contributed by atoms with Crippen molar-refractivity contribution in [1.29, 1.82) is 0 Å². The highest BCUT2D eigenvalue weighted by Gasteiger charge is 2.18. The van der Waals surface area contributed by atoms with E-state index in [4.69, 9.17) is 10.8 Å². The molecule has 6 heteroatoms. The summed E-state index contributed by atoms with van der Waals surface area (Å²) in [4.78, 5) is 28.8. The Morgan fingerprint density at radius 3 is 2.57 bits per heavy atom. The number of likely N-dealkylation sites (N-methyl/N-ethyl adjacent to an activating group) is 1. The highest BCUT2D eigenvalue weighted by molar-refractivity contribution is 6.02. The van der Waals surface area contributed by atoms with E-state index >= 15 is 0 Å². The van der Waals surface area contributed by atoms with Crippen molar-refractivity contribution in [3.8, 4) is 0 Å². The van der Waals surface area contributed by atoms with E-state index in [1.807, 2.05) is 0 Å². The molecule has 2 aromatic rings. The minimum atomic E-state index is -1.07. The molecule has 1 aromatic carbocycles. The van der Waals surface area contributed by atoms with E-state index in [0.29, 0.717) is 17.1 Å². The molecule has 108 valence electrons. The van der Waals surface area contributed by atoms with E-state index in [-0.39, 0.29) is 17.9 Å². The topological polar surface area (TPSA) is 96.5 Å². The standard InChI is InChI=1S/C15H15N3O3/c1-18(13-5-3-2-4-12(13)15(20)21)14(19)8-11-7-6-10(16)9-17-11/h2-7,9H,8,16H2,1H3,(H,20,21). The fraction of sp³-hybridized carbons (Fsp3) is 0.133. The molecule has 6 nitrogen and oxygen atoms in total. The molecular weight excluding hydrogens is 270 g/mol. The molecule has 21 heavy (non-hydrogen) atoms. The fourth-order valence-electron chi connectivity index (χ4n) is 1.90. The zero-order chi connectivity index (χ0) is 15.4. The molecule has 0 fully saturated rings. The molecule has 1 amide bonds. The van der Waals surface area contributed by atoms with Gasteiger partial charge < -0.3 is 15.7 Å². The first-order valence-corrected chi connectivity index (χ1v) is 6.28. The van der Waals surface area contributed by atoms with Crippen molar-refractivity contribution in [2.45, 2.75) is 6.42 Å². The maximum atomic E-state index is 12.2. The van der Waals surface area contributed by atoms with Gasteiger partial charge in [-0.2, -0.15) is 0 Å². The van der Waals surface area contributed by atoms with Gasteiger partial charge in [-0.15, -0.1) is 0 Å². The number of nitrogens with zero attached hydrogens (tertiary/aromatic N) is 2. The molecule has 0 unspecified atom stereocenters. The molecule has 0 saturated carbocycles. The van der Waals surface area contributed by atoms with Crippen LogP contribution in [0.15, 0.2) is 42.6 Å². The summed E-state index contributed by atoms with van der Waals surface area (Å²) in [5.74, 6) is -1.32. The number of carboxylic acids is 1. The van der Waals surface area contributed by atoms with Crippen molar-refractivity contribution in [3.63, 3.8) is 0 Å². The third-order valence-corrected chi connectivity index (χ3v) is 3.05. The predicted molar refractivity (Wildman–Crippen MR) is 79.2 cm³/mol. The normalized spacial score (nSPS) is 10.1. The molecular formula is C15H15N3O3. The zero-order valence-electron chi connectivity index (χ0n) is 11.5. The van der Waals surface area contributed by atoms with E-state index in [9.17, 15) is 9.59 Å². The number of carbonyl (C=O) groups excluding carboxylic acids is 1. The van der Waals surface area contributed by atoms with Crippen LogP contribution in [0.1, 0.15) is 16.1 Å². The second-order valence-corrected chi connectivity index (χ2v) is 4.53. The Labute approximate surface area is 121 Å². The summed E-state index contributed by atoms with van der Waals surface area (Å²) >= 11 is 0. The molecule has 0 aliphatic rings. The summed E-state index contributed by atoms with van der Waals surface area (Å²) in [6, 6.07) is 9.70. The van der Waals surface area contributed by atoms with Gasteiger partial charge in [-0.3, -0.25) is 9.78 Å². The maximum Gasteiger partial charge on any atom is 0.337 e. The van der Waals surface area contributed by atoms with Crippen molar-refractivity contribution in [2.24, 2.45) is 0 Å². The first kappa shape index (κ1) is 14.5. The maximum absolute atomic E-state index is 12.2. The van der Waals surface area contributed by atoms with Gasteiger partial charge in [0.05, 0.1) is 29.6 Å². The van der Waals surface area contributed by atoms with Crippen LogP contribution < -0.4 is 10.6 Å². The second kappa shape index (κ2) is 6.04. The third kappa shape index (κ3) is 3.36. The Balaban J connectivity index is 2.20. The summed E-state index contributed by atoms with van der Waals surface area (Å²) in [5.41, 5.74) is 7.07. The minimum Gasteiger partial charge on any atom is -0.478 e. The second-order valence-electron chi connectivity index (χ2n) is 4.53. The van der Waals surface area contributed by atoms with Crippen molar-refractivity contribution in [1.82, 2.24) is 4.98 Å². The number of aromatic nitrogens is 1. The quantitative estimate of drug-likeness (QED) is 0.888. The van der Waals surface area contributed by atoms with Crippen LogP contribution in [0.2, 0.25) is 0 Å². The van der Waals surface area contributed by atoms with E-state index < -0.39 is 5.97 Å². The van der Waals surface area contributed by atoms with E-state index in [2.05, 4.69) is 4.98 Å². The Hall–Kier alpha value is -2.89. The molecule has 1 heterocycles. The first-order chi connectivity index (χ1) is 9.99. The van der Waals surface area contributed by atoms with E-state index in [1.54, 1.807) is 37.4 Å². The molecule has 0 bridgehead atoms. The van der Waals surface area contributed by atoms with Crippen LogP contribution in [-0.2, 0) is 11.2 Å². The first-order valence-electron chi connectivity index (χ1n) is 6.28. The molecule has 2 rings (SSSR count). The number of nitrogen functional groups attached to an aromatic ring is 1. The Morgan fingerprint density at radius 2 is 1.95 bits per heavy atom. The van der Waals surface area contributed by atoms with Crippen LogP contribution in [0, 0.1) is 0 Å². The number of para-hydroxylation sites is 1. The Bertz CT molecular complexity index is 668. The molecule has 0 atom stereocenters. The number of anilines is 2. The van der Waals surface area contributed by atoms with E-state index in [1.165, 1.54) is 17.2 Å². The van der Waals surface area contributed by atoms with Gasteiger partial charge in [0.25, 0.3) is 0 Å². The summed E-state index contributed by atoms with van der Waals surface area (Å²) in [6.07, 6.45) is 1.55. The monoisotopic (exact) mass is 285 g/mol. The number of nitrogens with two attached hydrogens (primary N) is 1. The molecule has 0 aliphatic carbocycles. The average molecular weight is 285 g/mol. The van der Waals surface area contributed by atoms with Crippen molar-refractivity contribution in [2.75, 3.05) is 17.7 Å². The fourth-order valence-corrected chi connectivity index (χ4v) is 1.90. The van der Waals surface area contributed by atoms with Gasteiger partial charge in [0.1, 0.15) is 0 Å². The Morgan fingerprint density at radius 1 is 1.24 bits per heavy atom. The van der Waals surface area contributed by atoms with Crippen LogP contribution in [0.4, 0.5) is 11.4 Å². The van der Waals surface area contributed by atoms with Gasteiger partial charge in [-0.25, -0.2) is 4.79 Å². The number of benzene rings is 1. The van der Waals surface area contributed by atoms with Gasteiger partial charge in [0.15, 0.2) is 0 Å². The largest absolute Gasteiger partial charge is 0.478 e. The third-order valence-electron chi connectivity index (χ3n) is 3.05. The molecule has 3 N–H and O–H groups in total. The van der Waals surface area contributed by atoms with Crippen LogP contribution in [0.25, 0.3) is 0 Å². The lowest BCUT2D eigenvalue weighted by Gasteiger charge is -2.19. The number of hydrogen-bond acceptors (Lipinski definition) is 4. The van der Waals surface area contributed by atoms with Crippen LogP contribution >= 0.6 is 0 Å². The number of rotatable bonds is 4. The van der Waals surface area contributed by atoms with Crippen LogP contribution in [-0.4, -0.2) is 29.0 Å². The SMILES string of the molecule is CN(C(=O)Cc1ccc(N)cn1)c1ccccc1C(=O)O. The Kier molecular flexibility index (Phi) is 4.18. The van der Waals surface area contributed by atoms with Gasteiger partial charge in [0, 0.05) is 12.7 Å². The van der Waals surface area contributed by atoms with Crippen molar-refractivity contribution in [3.05, 3.63) is 53.9 Å². The zero-order valence-corrected chi connectivity index (χ0v) is 11.5. The highest BCUT2D eigenvalue weighted by Crippen LogP contribution is 2.20. The number of hydrogen-bond donors (Lipinski definition) is 2. The summed E-state index contributed by atoms with van der Waals surface area (Å²) in [5, 5.41) is 9.15. The lowest BCUT2D eigenvalue weighted by atomic mass is 10.1. The van der Waals surface area contributed by atoms with Gasteiger partial charge in [-0.1, -0.05) is 12.1 Å². The number of amides is 1. The summed E-state index contributed by atoms with van der Waals surface area (Å²) in [6.45, 7) is 0. The van der Waals surface area contributed by atoms with Crippen molar-refractivity contribution >= 4 is 23.3 Å². The van der Waals surface area contributed by atoms with E-state index in [0.717, 1.165) is 0 Å². The summed E-state index contributed by atoms with van der Waals surface area (Å²) in [7, 11) is 1.54. The highest BCUT2D eigenvalue weighted by atomic mass is 16.4. The number of aromatic carboxylic acids is 1. The molecule has 0 aliphatic heterocycles. The van der Waals surface area contributed by atoms with Gasteiger partial charge >= 0.3 is 5.97 Å². The van der Waals surface area contributed by atoms with Gasteiger partial charge in [0.2, 0.25) is 5.91 Å². The average Bonchev–Trinajstić information content (AvgIpc) is 2.48. The minimum absolute atomic E-state index is 0.0741. The predicted octanol–water partition coefficient (Wildman–Crippen LogP) is 1.57. The van der Waals surface area contributed by atoms with Gasteiger partial charge in [-0.05, 0) is 24.3 Å². The number of pyridine rings is 1. The lowest BCUT2D eigenvalue weighted by molar-refractivity contribution is -0.117. The summed E-state index contributed by atoms with van der Waals surface area (Å²) < 4.78 is 0. The molecule has 0 saturated heterocycles. The number of carboxylic acid groups (broad SMARTS) is 1. The smallest absolute Gasteiger partial charge is 0.337 e. The molecule has 0 radical (unpaired) electrons. The lowest BCUT2D eigenvalue weighted by Crippen LogP contribution is -2.29. The van der Waals surface area contributed by atoms with Crippen LogP contribution in [0.3, 0.4) is 0 Å². The molecule has 1 aromatic heterocycles. The molecule has 0 spiro atoms. The number of carbonyl (C=O) groups is 2.